The third kappa shape index (κ3) is 1.82. The van der Waals surface area contributed by atoms with Gasteiger partial charge in [0, 0.05) is 12.5 Å². The molecule has 3 nitrogen and oxygen atoms in total. The van der Waals surface area contributed by atoms with Crippen LogP contribution in [0.5, 0.6) is 0 Å². The number of ether oxygens (including phenoxy) is 3. The second-order valence-corrected chi connectivity index (χ2v) is 4.39. The standard InChI is InChI=1S/C14H14O3/c1-2-3-4-5-8-11-12-13(16-12)14(17-11)9-6-7-10-15-14/h8,12-13H,6-7,9-10H2,1H3. The summed E-state index contributed by atoms with van der Waals surface area (Å²) < 4.78 is 17.3. The third-order valence-corrected chi connectivity index (χ3v) is 3.24. The molecule has 3 atom stereocenters. The fourth-order valence-corrected chi connectivity index (χ4v) is 2.39. The molecule has 0 radical (unpaired) electrons. The second-order valence-electron chi connectivity index (χ2n) is 4.39. The molecular formula is C14H14O3. The normalized spacial score (nSPS) is 39.7. The van der Waals surface area contributed by atoms with Crippen molar-refractivity contribution in [1.29, 1.82) is 0 Å². The van der Waals surface area contributed by atoms with Gasteiger partial charge in [-0.05, 0) is 31.6 Å². The lowest BCUT2D eigenvalue weighted by Crippen LogP contribution is -2.41. The predicted molar refractivity (Wildman–Crippen MR) is 61.6 cm³/mol. The van der Waals surface area contributed by atoms with Crippen molar-refractivity contribution in [2.24, 2.45) is 0 Å². The van der Waals surface area contributed by atoms with E-state index in [0.717, 1.165) is 31.6 Å². The number of rotatable bonds is 0. The summed E-state index contributed by atoms with van der Waals surface area (Å²) in [5.74, 6) is 11.3. The van der Waals surface area contributed by atoms with Crippen molar-refractivity contribution in [2.45, 2.75) is 44.2 Å². The van der Waals surface area contributed by atoms with Gasteiger partial charge in [-0.2, -0.15) is 0 Å². The van der Waals surface area contributed by atoms with E-state index in [1.165, 1.54) is 0 Å². The maximum Gasteiger partial charge on any atom is 0.239 e. The summed E-state index contributed by atoms with van der Waals surface area (Å²) in [6, 6.07) is 0. The lowest BCUT2D eigenvalue weighted by Gasteiger charge is -2.33. The summed E-state index contributed by atoms with van der Waals surface area (Å²) >= 11 is 0. The van der Waals surface area contributed by atoms with Crippen LogP contribution < -0.4 is 0 Å². The molecule has 3 heteroatoms. The molecule has 3 aliphatic rings. The molecule has 0 amide bonds. The first-order valence-electron chi connectivity index (χ1n) is 5.96. The van der Waals surface area contributed by atoms with Gasteiger partial charge in [-0.1, -0.05) is 11.8 Å². The van der Waals surface area contributed by atoms with Crippen molar-refractivity contribution >= 4 is 0 Å². The average Bonchev–Trinajstić information content (AvgIpc) is 3.10. The number of hydrogen-bond donors (Lipinski definition) is 0. The molecule has 0 aromatic carbocycles. The maximum atomic E-state index is 5.90. The lowest BCUT2D eigenvalue weighted by atomic mass is 10.0. The summed E-state index contributed by atoms with van der Waals surface area (Å²) in [4.78, 5) is 0. The van der Waals surface area contributed by atoms with Gasteiger partial charge in [0.15, 0.2) is 6.10 Å². The van der Waals surface area contributed by atoms with Crippen LogP contribution in [0.3, 0.4) is 0 Å². The highest BCUT2D eigenvalue weighted by Gasteiger charge is 2.66. The van der Waals surface area contributed by atoms with E-state index in [1.807, 2.05) is 0 Å². The van der Waals surface area contributed by atoms with Crippen molar-refractivity contribution in [3.05, 3.63) is 11.8 Å². The quantitative estimate of drug-likeness (QED) is 0.468. The zero-order valence-electron chi connectivity index (χ0n) is 9.79. The third-order valence-electron chi connectivity index (χ3n) is 3.24. The Hall–Kier alpha value is -1.42. The van der Waals surface area contributed by atoms with Gasteiger partial charge in [0.2, 0.25) is 5.79 Å². The molecule has 3 rings (SSSR count). The highest BCUT2D eigenvalue weighted by atomic mass is 16.8. The van der Waals surface area contributed by atoms with Crippen molar-refractivity contribution < 1.29 is 14.2 Å². The van der Waals surface area contributed by atoms with Gasteiger partial charge in [0.05, 0.1) is 6.61 Å². The van der Waals surface area contributed by atoms with Crippen LogP contribution in [-0.2, 0) is 14.2 Å². The minimum Gasteiger partial charge on any atom is -0.460 e. The van der Waals surface area contributed by atoms with Crippen molar-refractivity contribution in [1.82, 2.24) is 0 Å². The number of hydrogen-bond acceptors (Lipinski definition) is 3. The van der Waals surface area contributed by atoms with E-state index in [4.69, 9.17) is 14.2 Å². The van der Waals surface area contributed by atoms with E-state index >= 15 is 0 Å². The van der Waals surface area contributed by atoms with E-state index in [1.54, 1.807) is 13.0 Å². The molecule has 0 saturated carbocycles. The fourth-order valence-electron chi connectivity index (χ4n) is 2.39. The summed E-state index contributed by atoms with van der Waals surface area (Å²) in [6.45, 7) is 2.52. The molecule has 0 aromatic heterocycles. The number of epoxide rings is 1. The molecule has 0 bridgehead atoms. The Kier molecular flexibility index (Phi) is 2.59. The van der Waals surface area contributed by atoms with Gasteiger partial charge in [-0.15, -0.1) is 0 Å². The van der Waals surface area contributed by atoms with E-state index in [0.29, 0.717) is 0 Å². The minimum absolute atomic E-state index is 0.0528. The molecule has 3 aliphatic heterocycles. The zero-order chi connectivity index (χ0) is 11.7. The summed E-state index contributed by atoms with van der Waals surface area (Å²) in [6.07, 6.45) is 5.03. The second kappa shape index (κ2) is 4.11. The van der Waals surface area contributed by atoms with E-state index in [2.05, 4.69) is 23.7 Å². The number of fused-ring (bicyclic) bond motifs is 2. The predicted octanol–water partition coefficient (Wildman–Crippen LogP) is 1.59. The van der Waals surface area contributed by atoms with Crippen LogP contribution in [0, 0.1) is 23.7 Å². The molecule has 1 spiro atoms. The fraction of sp³-hybridized carbons (Fsp3) is 0.571. The lowest BCUT2D eigenvalue weighted by molar-refractivity contribution is -0.240. The molecule has 3 unspecified atom stereocenters. The Labute approximate surface area is 101 Å². The smallest absolute Gasteiger partial charge is 0.239 e. The highest BCUT2D eigenvalue weighted by molar-refractivity contribution is 5.34. The van der Waals surface area contributed by atoms with Gasteiger partial charge >= 0.3 is 0 Å². The Bertz CT molecular complexity index is 463. The van der Waals surface area contributed by atoms with Gasteiger partial charge in [0.1, 0.15) is 11.9 Å². The molecule has 0 N–H and O–H groups in total. The Balaban J connectivity index is 1.74. The summed E-state index contributed by atoms with van der Waals surface area (Å²) in [7, 11) is 0. The molecule has 3 saturated heterocycles. The van der Waals surface area contributed by atoms with Crippen LogP contribution in [0.15, 0.2) is 11.8 Å². The summed E-state index contributed by atoms with van der Waals surface area (Å²) in [5.41, 5.74) is 0. The van der Waals surface area contributed by atoms with Crippen LogP contribution in [-0.4, -0.2) is 24.6 Å². The van der Waals surface area contributed by atoms with Crippen molar-refractivity contribution in [3.8, 4) is 23.7 Å². The molecule has 88 valence electrons. The first kappa shape index (κ1) is 10.7. The minimum atomic E-state index is -0.521. The monoisotopic (exact) mass is 230 g/mol. The first-order valence-corrected chi connectivity index (χ1v) is 5.96. The van der Waals surface area contributed by atoms with Crippen molar-refractivity contribution in [3.63, 3.8) is 0 Å². The topological polar surface area (TPSA) is 31.0 Å². The Morgan fingerprint density at radius 1 is 1.35 bits per heavy atom. The Morgan fingerprint density at radius 3 is 3.06 bits per heavy atom. The summed E-state index contributed by atoms with van der Waals surface area (Å²) in [5, 5.41) is 0. The Morgan fingerprint density at radius 2 is 2.29 bits per heavy atom. The van der Waals surface area contributed by atoms with Crippen LogP contribution in [0.2, 0.25) is 0 Å². The maximum absolute atomic E-state index is 5.90. The molecule has 17 heavy (non-hydrogen) atoms. The molecule has 0 aliphatic carbocycles. The molecule has 0 aromatic rings. The SMILES string of the molecule is CC#CC#CC=C1OC2(CCCCO2)C2OC12. The van der Waals surface area contributed by atoms with Crippen LogP contribution >= 0.6 is 0 Å². The highest BCUT2D eigenvalue weighted by Crippen LogP contribution is 2.52. The van der Waals surface area contributed by atoms with Gasteiger partial charge in [0.25, 0.3) is 0 Å². The van der Waals surface area contributed by atoms with E-state index in [-0.39, 0.29) is 12.2 Å². The van der Waals surface area contributed by atoms with Gasteiger partial charge < -0.3 is 14.2 Å². The average molecular weight is 230 g/mol. The zero-order valence-corrected chi connectivity index (χ0v) is 9.79. The van der Waals surface area contributed by atoms with Crippen LogP contribution in [0.25, 0.3) is 0 Å². The van der Waals surface area contributed by atoms with Crippen LogP contribution in [0.4, 0.5) is 0 Å². The molecule has 3 fully saturated rings. The van der Waals surface area contributed by atoms with Crippen LogP contribution in [0.1, 0.15) is 26.2 Å². The largest absolute Gasteiger partial charge is 0.460 e. The van der Waals surface area contributed by atoms with Gasteiger partial charge in [-0.3, -0.25) is 0 Å². The van der Waals surface area contributed by atoms with E-state index in [9.17, 15) is 0 Å². The number of allylic oxidation sites excluding steroid dienone is 1. The van der Waals surface area contributed by atoms with Crippen molar-refractivity contribution in [2.75, 3.05) is 6.61 Å². The first-order chi connectivity index (χ1) is 8.36. The van der Waals surface area contributed by atoms with E-state index < -0.39 is 5.79 Å². The molecule has 3 heterocycles. The van der Waals surface area contributed by atoms with Gasteiger partial charge in [-0.25, -0.2) is 0 Å². The molecular weight excluding hydrogens is 216 g/mol.